The van der Waals surface area contributed by atoms with Crippen molar-refractivity contribution in [1.82, 2.24) is 0 Å². The molecule has 0 radical (unpaired) electrons. The number of piperidine rings is 1. The van der Waals surface area contributed by atoms with Gasteiger partial charge in [0.2, 0.25) is 0 Å². The zero-order valence-corrected chi connectivity index (χ0v) is 10.2. The van der Waals surface area contributed by atoms with Gasteiger partial charge in [0.1, 0.15) is 10.8 Å². The second-order valence-corrected chi connectivity index (χ2v) is 4.66. The van der Waals surface area contributed by atoms with Crippen LogP contribution in [0.4, 0.5) is 10.1 Å². The van der Waals surface area contributed by atoms with Crippen molar-refractivity contribution in [2.24, 2.45) is 5.73 Å². The van der Waals surface area contributed by atoms with Crippen LogP contribution in [0.1, 0.15) is 18.4 Å². The Labute approximate surface area is 105 Å². The van der Waals surface area contributed by atoms with E-state index in [4.69, 9.17) is 18.0 Å². The lowest BCUT2D eigenvalue weighted by Crippen LogP contribution is -2.37. The molecule has 1 fully saturated rings. The van der Waals surface area contributed by atoms with E-state index in [9.17, 15) is 9.50 Å². The van der Waals surface area contributed by atoms with Crippen molar-refractivity contribution in [2.45, 2.75) is 18.9 Å². The number of hydrogen-bond acceptors (Lipinski definition) is 3. The Hall–Kier alpha value is -1.20. The molecule has 0 aliphatic carbocycles. The fourth-order valence-electron chi connectivity index (χ4n) is 2.13. The van der Waals surface area contributed by atoms with Gasteiger partial charge in [-0.1, -0.05) is 18.3 Å². The summed E-state index contributed by atoms with van der Waals surface area (Å²) in [6, 6.07) is 4.82. The van der Waals surface area contributed by atoms with Crippen LogP contribution in [-0.4, -0.2) is 29.3 Å². The van der Waals surface area contributed by atoms with Crippen molar-refractivity contribution >= 4 is 22.9 Å². The summed E-state index contributed by atoms with van der Waals surface area (Å²) >= 11 is 4.89. The van der Waals surface area contributed by atoms with Crippen LogP contribution in [0.3, 0.4) is 0 Å². The summed E-state index contributed by atoms with van der Waals surface area (Å²) in [5.74, 6) is -0.388. The van der Waals surface area contributed by atoms with E-state index in [0.29, 0.717) is 31.5 Å². The van der Waals surface area contributed by atoms with Gasteiger partial charge < -0.3 is 15.7 Å². The number of anilines is 1. The fourth-order valence-corrected chi connectivity index (χ4v) is 2.33. The lowest BCUT2D eigenvalue weighted by Gasteiger charge is -2.32. The topological polar surface area (TPSA) is 49.5 Å². The normalized spacial score (nSPS) is 17.2. The molecular formula is C12H15FN2OS. The second kappa shape index (κ2) is 4.98. The van der Waals surface area contributed by atoms with Gasteiger partial charge in [-0.25, -0.2) is 4.39 Å². The first kappa shape index (κ1) is 12.3. The van der Waals surface area contributed by atoms with E-state index < -0.39 is 0 Å². The van der Waals surface area contributed by atoms with Crippen molar-refractivity contribution in [1.29, 1.82) is 0 Å². The average Bonchev–Trinajstić information content (AvgIpc) is 2.29. The average molecular weight is 254 g/mol. The number of nitrogens with two attached hydrogens (primary N) is 1. The number of nitrogens with zero attached hydrogens (tertiary/aromatic N) is 1. The standard InChI is InChI=1S/C12H15FN2OS/c13-9-2-1-3-10(11(9)12(14)17)15-6-4-8(16)5-7-15/h1-3,8,16H,4-7H2,(H2,14,17). The van der Waals surface area contributed by atoms with Crippen LogP contribution < -0.4 is 10.6 Å². The molecular weight excluding hydrogens is 239 g/mol. The predicted octanol–water partition coefficient (Wildman–Crippen LogP) is 1.42. The third-order valence-electron chi connectivity index (χ3n) is 3.04. The summed E-state index contributed by atoms with van der Waals surface area (Å²) in [6.07, 6.45) is 1.12. The van der Waals surface area contributed by atoms with E-state index in [1.165, 1.54) is 6.07 Å². The van der Waals surface area contributed by atoms with Crippen molar-refractivity contribution < 1.29 is 9.50 Å². The number of aliphatic hydroxyl groups excluding tert-OH is 1. The Bertz CT molecular complexity index is 431. The second-order valence-electron chi connectivity index (χ2n) is 4.22. The smallest absolute Gasteiger partial charge is 0.135 e. The summed E-state index contributed by atoms with van der Waals surface area (Å²) in [4.78, 5) is 2.09. The van der Waals surface area contributed by atoms with Gasteiger partial charge in [0.25, 0.3) is 0 Å². The van der Waals surface area contributed by atoms with Crippen LogP contribution in [0, 0.1) is 5.82 Å². The highest BCUT2D eigenvalue weighted by atomic mass is 32.1. The van der Waals surface area contributed by atoms with Gasteiger partial charge in [-0.2, -0.15) is 0 Å². The molecule has 1 aliphatic heterocycles. The Balaban J connectivity index is 2.32. The summed E-state index contributed by atoms with van der Waals surface area (Å²) < 4.78 is 13.7. The van der Waals surface area contributed by atoms with Crippen molar-refractivity contribution in [3.05, 3.63) is 29.6 Å². The predicted molar refractivity (Wildman–Crippen MR) is 69.7 cm³/mol. The first-order valence-electron chi connectivity index (χ1n) is 5.61. The molecule has 0 atom stereocenters. The van der Waals surface area contributed by atoms with Gasteiger partial charge in [0.15, 0.2) is 0 Å². The van der Waals surface area contributed by atoms with Crippen LogP contribution in [0.25, 0.3) is 0 Å². The molecule has 5 heteroatoms. The Morgan fingerprint density at radius 2 is 2.06 bits per heavy atom. The highest BCUT2D eigenvalue weighted by Gasteiger charge is 2.21. The molecule has 0 aromatic heterocycles. The van der Waals surface area contributed by atoms with Gasteiger partial charge in [-0.3, -0.25) is 0 Å². The maximum absolute atomic E-state index is 13.7. The molecule has 0 amide bonds. The van der Waals surface area contributed by atoms with Crippen molar-refractivity contribution in [3.63, 3.8) is 0 Å². The minimum Gasteiger partial charge on any atom is -0.393 e. The molecule has 17 heavy (non-hydrogen) atoms. The number of thiocarbonyl (C=S) groups is 1. The molecule has 3 N–H and O–H groups in total. The van der Waals surface area contributed by atoms with Gasteiger partial charge >= 0.3 is 0 Å². The maximum atomic E-state index is 13.7. The molecule has 3 nitrogen and oxygen atoms in total. The summed E-state index contributed by atoms with van der Waals surface area (Å²) in [5, 5.41) is 9.46. The van der Waals surface area contributed by atoms with Gasteiger partial charge in [0, 0.05) is 18.8 Å². The maximum Gasteiger partial charge on any atom is 0.135 e. The Morgan fingerprint density at radius 1 is 1.41 bits per heavy atom. The molecule has 1 aromatic carbocycles. The Morgan fingerprint density at radius 3 is 2.65 bits per heavy atom. The van der Waals surface area contributed by atoms with Crippen molar-refractivity contribution in [2.75, 3.05) is 18.0 Å². The van der Waals surface area contributed by atoms with Crippen LogP contribution in [0.2, 0.25) is 0 Å². The van der Waals surface area contributed by atoms with Crippen LogP contribution in [0.15, 0.2) is 18.2 Å². The zero-order chi connectivity index (χ0) is 12.4. The van der Waals surface area contributed by atoms with Gasteiger partial charge in [-0.15, -0.1) is 0 Å². The Kier molecular flexibility index (Phi) is 3.59. The zero-order valence-electron chi connectivity index (χ0n) is 9.40. The molecule has 0 spiro atoms. The largest absolute Gasteiger partial charge is 0.393 e. The SMILES string of the molecule is NC(=S)c1c(F)cccc1N1CCC(O)CC1. The molecule has 0 unspecified atom stereocenters. The first-order valence-corrected chi connectivity index (χ1v) is 6.01. The van der Waals surface area contributed by atoms with E-state index in [1.54, 1.807) is 6.07 Å². The van der Waals surface area contributed by atoms with Crippen molar-refractivity contribution in [3.8, 4) is 0 Å². The van der Waals surface area contributed by atoms with E-state index in [1.807, 2.05) is 11.0 Å². The third-order valence-corrected chi connectivity index (χ3v) is 3.25. The fraction of sp³-hybridized carbons (Fsp3) is 0.417. The lowest BCUT2D eigenvalue weighted by atomic mass is 10.0. The molecule has 92 valence electrons. The molecule has 0 bridgehead atoms. The first-order chi connectivity index (χ1) is 8.09. The molecule has 2 rings (SSSR count). The molecule has 1 aromatic rings. The van der Waals surface area contributed by atoms with Crippen LogP contribution in [0.5, 0.6) is 0 Å². The highest BCUT2D eigenvalue weighted by Crippen LogP contribution is 2.26. The molecule has 1 heterocycles. The van der Waals surface area contributed by atoms with E-state index >= 15 is 0 Å². The lowest BCUT2D eigenvalue weighted by molar-refractivity contribution is 0.145. The van der Waals surface area contributed by atoms with Gasteiger partial charge in [0.05, 0.1) is 11.7 Å². The monoisotopic (exact) mass is 254 g/mol. The molecule has 0 saturated carbocycles. The quantitative estimate of drug-likeness (QED) is 0.784. The third kappa shape index (κ3) is 2.56. The van der Waals surface area contributed by atoms with Crippen LogP contribution >= 0.6 is 12.2 Å². The van der Waals surface area contributed by atoms with E-state index in [-0.39, 0.29) is 16.9 Å². The van der Waals surface area contributed by atoms with Crippen LogP contribution in [-0.2, 0) is 0 Å². The summed E-state index contributed by atoms with van der Waals surface area (Å²) in [7, 11) is 0. The van der Waals surface area contributed by atoms with Gasteiger partial charge in [-0.05, 0) is 25.0 Å². The van der Waals surface area contributed by atoms with E-state index in [2.05, 4.69) is 0 Å². The van der Waals surface area contributed by atoms with E-state index in [0.717, 1.165) is 5.69 Å². The number of halogens is 1. The minimum atomic E-state index is -0.388. The number of rotatable bonds is 2. The summed E-state index contributed by atoms with van der Waals surface area (Å²) in [6.45, 7) is 1.39. The number of aliphatic hydroxyl groups is 1. The number of benzene rings is 1. The number of hydrogen-bond donors (Lipinski definition) is 2. The summed E-state index contributed by atoms with van der Waals surface area (Å²) in [5.41, 5.74) is 6.60. The highest BCUT2D eigenvalue weighted by molar-refractivity contribution is 7.80. The molecule has 1 aliphatic rings. The minimum absolute atomic E-state index is 0.0734. The molecule has 1 saturated heterocycles.